The van der Waals surface area contributed by atoms with Gasteiger partial charge < -0.3 is 5.11 Å². The van der Waals surface area contributed by atoms with Crippen molar-refractivity contribution in [2.24, 2.45) is 0 Å². The Bertz CT molecular complexity index is 1030. The highest BCUT2D eigenvalue weighted by Gasteiger charge is 2.31. The molecule has 0 spiro atoms. The lowest BCUT2D eigenvalue weighted by molar-refractivity contribution is -0.137. The van der Waals surface area contributed by atoms with Crippen molar-refractivity contribution in [3.8, 4) is 6.07 Å². The zero-order chi connectivity index (χ0) is 18.2. The van der Waals surface area contributed by atoms with Gasteiger partial charge in [-0.15, -0.1) is 11.3 Å². The molecular formula is C17H8F4N2OS. The van der Waals surface area contributed by atoms with Crippen molar-refractivity contribution in [3.05, 3.63) is 64.4 Å². The summed E-state index contributed by atoms with van der Waals surface area (Å²) in [5, 5.41) is 19.5. The van der Waals surface area contributed by atoms with Gasteiger partial charge in [0.1, 0.15) is 28.2 Å². The minimum atomic E-state index is -4.51. The fourth-order valence-corrected chi connectivity index (χ4v) is 3.14. The first kappa shape index (κ1) is 16.9. The average molecular weight is 364 g/mol. The molecule has 0 saturated carbocycles. The van der Waals surface area contributed by atoms with Crippen LogP contribution in [-0.2, 0) is 6.18 Å². The Morgan fingerprint density at radius 2 is 1.88 bits per heavy atom. The van der Waals surface area contributed by atoms with Gasteiger partial charge in [0.05, 0.1) is 21.3 Å². The van der Waals surface area contributed by atoms with E-state index in [9.17, 15) is 27.9 Å². The van der Waals surface area contributed by atoms with Crippen molar-refractivity contribution in [1.29, 1.82) is 5.26 Å². The van der Waals surface area contributed by atoms with E-state index < -0.39 is 23.3 Å². The SMILES string of the molecule is N#C/C(=C(/O)c1ccccc1F)c1nc2cc(C(F)(F)F)ccc2s1. The maximum absolute atomic E-state index is 13.8. The van der Waals surface area contributed by atoms with Crippen LogP contribution in [0.5, 0.6) is 0 Å². The third-order valence-electron chi connectivity index (χ3n) is 3.41. The van der Waals surface area contributed by atoms with Crippen LogP contribution in [0.2, 0.25) is 0 Å². The van der Waals surface area contributed by atoms with Gasteiger partial charge >= 0.3 is 6.18 Å². The normalized spacial score (nSPS) is 12.8. The van der Waals surface area contributed by atoms with E-state index in [4.69, 9.17) is 0 Å². The van der Waals surface area contributed by atoms with Gasteiger partial charge in [-0.05, 0) is 30.3 Å². The van der Waals surface area contributed by atoms with Crippen molar-refractivity contribution in [2.75, 3.05) is 0 Å². The first-order valence-electron chi connectivity index (χ1n) is 6.87. The first-order chi connectivity index (χ1) is 11.8. The van der Waals surface area contributed by atoms with Crippen LogP contribution in [0.15, 0.2) is 42.5 Å². The molecule has 3 nitrogen and oxygen atoms in total. The van der Waals surface area contributed by atoms with Gasteiger partial charge in [-0.25, -0.2) is 9.37 Å². The van der Waals surface area contributed by atoms with E-state index >= 15 is 0 Å². The minimum absolute atomic E-state index is 0.0116. The zero-order valence-electron chi connectivity index (χ0n) is 12.3. The molecule has 1 N–H and O–H groups in total. The monoisotopic (exact) mass is 364 g/mol. The molecule has 0 aliphatic carbocycles. The van der Waals surface area contributed by atoms with E-state index in [-0.39, 0.29) is 21.7 Å². The molecule has 0 atom stereocenters. The van der Waals surface area contributed by atoms with E-state index in [1.165, 1.54) is 24.3 Å². The number of aliphatic hydroxyl groups excluding tert-OH is 1. The smallest absolute Gasteiger partial charge is 0.416 e. The van der Waals surface area contributed by atoms with Gasteiger partial charge in [0, 0.05) is 0 Å². The molecule has 3 rings (SSSR count). The summed E-state index contributed by atoms with van der Waals surface area (Å²) in [6.45, 7) is 0. The summed E-state index contributed by atoms with van der Waals surface area (Å²) < 4.78 is 52.5. The summed E-state index contributed by atoms with van der Waals surface area (Å²) in [5.74, 6) is -1.34. The molecule has 0 aliphatic heterocycles. The Morgan fingerprint density at radius 1 is 1.16 bits per heavy atom. The summed E-state index contributed by atoms with van der Waals surface area (Å²) in [7, 11) is 0. The highest BCUT2D eigenvalue weighted by atomic mass is 32.1. The van der Waals surface area contributed by atoms with Gasteiger partial charge in [0.2, 0.25) is 0 Å². The Labute approximate surface area is 143 Å². The number of nitriles is 1. The number of fused-ring (bicyclic) bond motifs is 1. The molecule has 3 aromatic rings. The minimum Gasteiger partial charge on any atom is -0.506 e. The standard InChI is InChI=1S/C17H8F4N2OS/c18-12-4-2-1-3-10(12)15(24)11(8-22)16-23-13-7-9(17(19,20)21)5-6-14(13)25-16/h1-7,24H/b15-11-. The molecule has 0 aliphatic rings. The molecule has 126 valence electrons. The Kier molecular flexibility index (Phi) is 4.18. The fourth-order valence-electron chi connectivity index (χ4n) is 2.20. The van der Waals surface area contributed by atoms with Crippen LogP contribution < -0.4 is 0 Å². The number of hydrogen-bond donors (Lipinski definition) is 1. The van der Waals surface area contributed by atoms with E-state index in [1.54, 1.807) is 6.07 Å². The van der Waals surface area contributed by atoms with Crippen molar-refractivity contribution >= 4 is 32.9 Å². The third kappa shape index (κ3) is 3.19. The lowest BCUT2D eigenvalue weighted by Gasteiger charge is -2.04. The number of aliphatic hydroxyl groups is 1. The summed E-state index contributed by atoms with van der Waals surface area (Å²) in [6, 6.07) is 10.1. The zero-order valence-corrected chi connectivity index (χ0v) is 13.1. The van der Waals surface area contributed by atoms with E-state index in [1.807, 2.05) is 0 Å². The molecule has 0 amide bonds. The number of rotatable bonds is 2. The molecular weight excluding hydrogens is 356 g/mol. The van der Waals surface area contributed by atoms with Crippen molar-refractivity contribution < 1.29 is 22.7 Å². The number of alkyl halides is 3. The van der Waals surface area contributed by atoms with E-state index in [0.29, 0.717) is 4.70 Å². The molecule has 1 aromatic heterocycles. The fraction of sp³-hybridized carbons (Fsp3) is 0.0588. The molecule has 0 fully saturated rings. The van der Waals surface area contributed by atoms with Crippen LogP contribution >= 0.6 is 11.3 Å². The average Bonchev–Trinajstić information content (AvgIpc) is 2.97. The summed E-state index contributed by atoms with van der Waals surface area (Å²) in [6.07, 6.45) is -4.51. The maximum atomic E-state index is 13.8. The number of thiazole rings is 1. The molecule has 25 heavy (non-hydrogen) atoms. The van der Waals surface area contributed by atoms with Crippen LogP contribution in [0.4, 0.5) is 17.6 Å². The van der Waals surface area contributed by atoms with Crippen molar-refractivity contribution in [2.45, 2.75) is 6.18 Å². The molecule has 0 radical (unpaired) electrons. The predicted molar refractivity (Wildman–Crippen MR) is 86.1 cm³/mol. The van der Waals surface area contributed by atoms with Crippen LogP contribution in [-0.4, -0.2) is 10.1 Å². The Morgan fingerprint density at radius 3 is 2.52 bits per heavy atom. The van der Waals surface area contributed by atoms with Crippen LogP contribution in [0.25, 0.3) is 21.5 Å². The Balaban J connectivity index is 2.15. The third-order valence-corrected chi connectivity index (χ3v) is 4.46. The molecule has 1 heterocycles. The number of nitrogens with zero attached hydrogens (tertiary/aromatic N) is 2. The number of hydrogen-bond acceptors (Lipinski definition) is 4. The lowest BCUT2D eigenvalue weighted by Crippen LogP contribution is -2.03. The molecule has 8 heteroatoms. The van der Waals surface area contributed by atoms with Gasteiger partial charge in [-0.2, -0.15) is 18.4 Å². The number of benzene rings is 2. The number of halogens is 4. The van der Waals surface area contributed by atoms with Crippen LogP contribution in [0.1, 0.15) is 16.1 Å². The van der Waals surface area contributed by atoms with Gasteiger partial charge in [0.15, 0.2) is 0 Å². The maximum Gasteiger partial charge on any atom is 0.416 e. The highest BCUT2D eigenvalue weighted by Crippen LogP contribution is 2.35. The van der Waals surface area contributed by atoms with Crippen molar-refractivity contribution in [3.63, 3.8) is 0 Å². The number of aromatic nitrogens is 1. The second kappa shape index (κ2) is 6.18. The second-order valence-corrected chi connectivity index (χ2v) is 6.05. The van der Waals surface area contributed by atoms with Crippen molar-refractivity contribution in [1.82, 2.24) is 4.98 Å². The lowest BCUT2D eigenvalue weighted by atomic mass is 10.1. The van der Waals surface area contributed by atoms with Crippen LogP contribution in [0.3, 0.4) is 0 Å². The second-order valence-electron chi connectivity index (χ2n) is 5.01. The number of allylic oxidation sites excluding steroid dienone is 1. The summed E-state index contributed by atoms with van der Waals surface area (Å²) in [4.78, 5) is 3.99. The topological polar surface area (TPSA) is 56.9 Å². The van der Waals surface area contributed by atoms with E-state index in [2.05, 4.69) is 4.98 Å². The van der Waals surface area contributed by atoms with Crippen LogP contribution in [0, 0.1) is 17.1 Å². The summed E-state index contributed by atoms with van der Waals surface area (Å²) >= 11 is 0.937. The van der Waals surface area contributed by atoms with Gasteiger partial charge in [-0.1, -0.05) is 12.1 Å². The largest absolute Gasteiger partial charge is 0.506 e. The van der Waals surface area contributed by atoms with Gasteiger partial charge in [-0.3, -0.25) is 0 Å². The Hall–Kier alpha value is -2.92. The van der Waals surface area contributed by atoms with E-state index in [0.717, 1.165) is 29.5 Å². The van der Waals surface area contributed by atoms with Gasteiger partial charge in [0.25, 0.3) is 0 Å². The first-order valence-corrected chi connectivity index (χ1v) is 7.69. The predicted octanol–water partition coefficient (Wildman–Crippen LogP) is 5.40. The molecule has 0 saturated heterocycles. The highest BCUT2D eigenvalue weighted by molar-refractivity contribution is 7.19. The molecule has 0 unspecified atom stereocenters. The quantitative estimate of drug-likeness (QED) is 0.376. The molecule has 2 aromatic carbocycles. The summed E-state index contributed by atoms with van der Waals surface area (Å²) in [5.41, 5.74) is -1.31. The molecule has 0 bridgehead atoms.